The van der Waals surface area contributed by atoms with Crippen molar-refractivity contribution in [2.45, 2.75) is 45.8 Å². The van der Waals surface area contributed by atoms with Gasteiger partial charge in [0.2, 0.25) is 0 Å². The third-order valence-corrected chi connectivity index (χ3v) is 6.51. The second kappa shape index (κ2) is 9.36. The van der Waals surface area contributed by atoms with Crippen molar-refractivity contribution in [3.05, 3.63) is 24.0 Å². The number of amides is 1. The first-order valence-electron chi connectivity index (χ1n) is 11.4. The van der Waals surface area contributed by atoms with Gasteiger partial charge in [0.1, 0.15) is 29.8 Å². The molecule has 1 N–H and O–H groups in total. The number of nitrogens with zero attached hydrogens (tertiary/aromatic N) is 5. The number of carboxylic acids is 1. The van der Waals surface area contributed by atoms with Crippen LogP contribution in [0.3, 0.4) is 0 Å². The van der Waals surface area contributed by atoms with Crippen LogP contribution in [0.15, 0.2) is 18.3 Å². The average molecular weight is 458 g/mol. The third kappa shape index (κ3) is 5.09. The van der Waals surface area contributed by atoms with Crippen molar-refractivity contribution in [3.8, 4) is 17.1 Å². The van der Waals surface area contributed by atoms with E-state index in [-0.39, 0.29) is 25.0 Å². The average Bonchev–Trinajstić information content (AvgIpc) is 3.06. The Morgan fingerprint density at radius 3 is 2.76 bits per heavy atom. The number of ether oxygens (including phenoxy) is 2. The molecule has 4 atom stereocenters. The highest BCUT2D eigenvalue weighted by Crippen LogP contribution is 2.59. The summed E-state index contributed by atoms with van der Waals surface area (Å²) in [7, 11) is 3.46. The van der Waals surface area contributed by atoms with Crippen LogP contribution in [-0.2, 0) is 23.2 Å². The van der Waals surface area contributed by atoms with Crippen molar-refractivity contribution < 1.29 is 24.2 Å². The number of aromatic nitrogens is 4. The summed E-state index contributed by atoms with van der Waals surface area (Å²) in [6.45, 7) is 4.72. The van der Waals surface area contributed by atoms with Gasteiger partial charge in [-0.05, 0) is 42.7 Å². The van der Waals surface area contributed by atoms with E-state index < -0.39 is 12.1 Å². The smallest absolute Gasteiger partial charge is 0.409 e. The van der Waals surface area contributed by atoms with Crippen LogP contribution < -0.4 is 4.74 Å². The van der Waals surface area contributed by atoms with Crippen LogP contribution in [0.5, 0.6) is 5.75 Å². The van der Waals surface area contributed by atoms with E-state index in [0.29, 0.717) is 47.1 Å². The molecule has 4 rings (SSSR count). The van der Waals surface area contributed by atoms with E-state index >= 15 is 0 Å². The van der Waals surface area contributed by atoms with E-state index in [9.17, 15) is 9.59 Å². The van der Waals surface area contributed by atoms with Crippen molar-refractivity contribution in [2.75, 3.05) is 13.6 Å². The number of carboxylic acid groups (broad SMARTS) is 1. The summed E-state index contributed by atoms with van der Waals surface area (Å²) in [5, 5.41) is 17.3. The van der Waals surface area contributed by atoms with Crippen LogP contribution in [0.2, 0.25) is 0 Å². The molecule has 0 aromatic carbocycles. The molecule has 0 spiro atoms. The first kappa shape index (κ1) is 23.0. The maximum Gasteiger partial charge on any atom is 0.409 e. The minimum Gasteiger partial charge on any atom is -0.489 e. The Morgan fingerprint density at radius 2 is 2.09 bits per heavy atom. The lowest BCUT2D eigenvalue weighted by Gasteiger charge is -2.19. The lowest BCUT2D eigenvalue weighted by molar-refractivity contribution is -0.137. The number of aryl methyl sites for hydroxylation is 1. The van der Waals surface area contributed by atoms with E-state index in [1.165, 1.54) is 0 Å². The van der Waals surface area contributed by atoms with Crippen molar-refractivity contribution in [2.24, 2.45) is 30.7 Å². The second-order valence-electron chi connectivity index (χ2n) is 9.45. The van der Waals surface area contributed by atoms with Gasteiger partial charge < -0.3 is 19.5 Å². The van der Waals surface area contributed by atoms with Crippen LogP contribution in [0.25, 0.3) is 11.4 Å². The number of hydrogen-bond donors (Lipinski definition) is 1. The molecule has 33 heavy (non-hydrogen) atoms. The van der Waals surface area contributed by atoms with E-state index in [1.807, 2.05) is 26.0 Å². The molecule has 0 bridgehead atoms. The Kier molecular flexibility index (Phi) is 6.53. The number of hydrogen-bond acceptors (Lipinski definition) is 7. The lowest BCUT2D eigenvalue weighted by atomic mass is 10.1. The van der Waals surface area contributed by atoms with Crippen molar-refractivity contribution in [1.82, 2.24) is 24.9 Å². The number of carbonyl (C=O) groups is 2. The zero-order chi connectivity index (χ0) is 23.7. The first-order chi connectivity index (χ1) is 15.7. The molecule has 10 heteroatoms. The van der Waals surface area contributed by atoms with E-state index in [0.717, 1.165) is 12.8 Å². The summed E-state index contributed by atoms with van der Waals surface area (Å²) in [6, 6.07) is 3.65. The van der Waals surface area contributed by atoms with Gasteiger partial charge in [-0.25, -0.2) is 9.48 Å². The van der Waals surface area contributed by atoms with Gasteiger partial charge >= 0.3 is 12.1 Å². The molecule has 2 fully saturated rings. The SMILES string of the molecule is CC(C)CN(C)C(=O)OCc1c(-c2ccc(O[C@@H]3CC[C@H]4C(CC(=O)O)[C@@H]34)cn2)nnn1C. The summed E-state index contributed by atoms with van der Waals surface area (Å²) in [6.07, 6.45) is 3.48. The first-order valence-corrected chi connectivity index (χ1v) is 11.4. The van der Waals surface area contributed by atoms with Gasteiger partial charge in [-0.3, -0.25) is 9.78 Å². The Morgan fingerprint density at radius 1 is 1.30 bits per heavy atom. The highest BCUT2D eigenvalue weighted by molar-refractivity contribution is 5.68. The van der Waals surface area contributed by atoms with Crippen molar-refractivity contribution in [1.29, 1.82) is 0 Å². The molecule has 0 radical (unpaired) electrons. The van der Waals surface area contributed by atoms with Crippen LogP contribution in [0, 0.1) is 23.7 Å². The van der Waals surface area contributed by atoms with Gasteiger partial charge in [-0.2, -0.15) is 0 Å². The second-order valence-corrected chi connectivity index (χ2v) is 9.45. The number of pyridine rings is 1. The van der Waals surface area contributed by atoms with E-state index in [4.69, 9.17) is 14.6 Å². The van der Waals surface area contributed by atoms with Gasteiger partial charge in [0, 0.05) is 33.0 Å². The molecule has 2 aromatic heterocycles. The van der Waals surface area contributed by atoms with Crippen molar-refractivity contribution >= 4 is 12.1 Å². The number of carbonyl (C=O) groups excluding carboxylic acids is 1. The fourth-order valence-electron chi connectivity index (χ4n) is 4.97. The Labute approximate surface area is 192 Å². The summed E-state index contributed by atoms with van der Waals surface area (Å²) in [5.41, 5.74) is 1.81. The maximum atomic E-state index is 12.2. The highest BCUT2D eigenvalue weighted by Gasteiger charge is 2.59. The predicted octanol–water partition coefficient (Wildman–Crippen LogP) is 2.98. The molecule has 2 heterocycles. The third-order valence-electron chi connectivity index (χ3n) is 6.51. The highest BCUT2D eigenvalue weighted by atomic mass is 16.6. The molecule has 2 aliphatic carbocycles. The van der Waals surface area contributed by atoms with Gasteiger partial charge in [0.15, 0.2) is 0 Å². The zero-order valence-electron chi connectivity index (χ0n) is 19.5. The standard InChI is InChI=1S/C23H31N5O5/c1-13(2)11-27(3)23(31)32-12-18-22(25-26-28(18)4)17-7-5-14(10-24-17)33-19-8-6-15-16(21(15)19)9-20(29)30/h5,7,10,13,15-16,19,21H,6,8-9,11-12H2,1-4H3,(H,29,30)/t15-,16?,19+,21-/m0/s1. The van der Waals surface area contributed by atoms with Crippen molar-refractivity contribution in [3.63, 3.8) is 0 Å². The molecule has 2 saturated carbocycles. The zero-order valence-corrected chi connectivity index (χ0v) is 19.5. The molecule has 0 saturated heterocycles. The largest absolute Gasteiger partial charge is 0.489 e. The monoisotopic (exact) mass is 457 g/mol. The van der Waals surface area contributed by atoms with Gasteiger partial charge in [0.25, 0.3) is 0 Å². The Balaban J connectivity index is 1.38. The minimum atomic E-state index is -0.740. The van der Waals surface area contributed by atoms with Crippen LogP contribution in [0.4, 0.5) is 4.79 Å². The number of rotatable bonds is 9. The molecule has 10 nitrogen and oxygen atoms in total. The predicted molar refractivity (Wildman–Crippen MR) is 118 cm³/mol. The molecular weight excluding hydrogens is 426 g/mol. The number of aliphatic carboxylic acids is 1. The van der Waals surface area contributed by atoms with Gasteiger partial charge in [-0.15, -0.1) is 5.10 Å². The fourth-order valence-corrected chi connectivity index (χ4v) is 4.97. The summed E-state index contributed by atoms with van der Waals surface area (Å²) in [4.78, 5) is 29.3. The maximum absolute atomic E-state index is 12.2. The number of fused-ring (bicyclic) bond motifs is 1. The summed E-state index contributed by atoms with van der Waals surface area (Å²) < 4.78 is 13.2. The molecule has 1 amide bonds. The molecular formula is C23H31N5O5. The fraction of sp³-hybridized carbons (Fsp3) is 0.609. The lowest BCUT2D eigenvalue weighted by Crippen LogP contribution is -2.30. The van der Waals surface area contributed by atoms with E-state index in [2.05, 4.69) is 15.3 Å². The molecule has 0 aliphatic heterocycles. The van der Waals surface area contributed by atoms with Crippen LogP contribution >= 0.6 is 0 Å². The normalized spacial score (nSPS) is 23.3. The van der Waals surface area contributed by atoms with Gasteiger partial charge in [-0.1, -0.05) is 19.1 Å². The molecule has 178 valence electrons. The minimum absolute atomic E-state index is 0.0378. The Bertz CT molecular complexity index is 1010. The summed E-state index contributed by atoms with van der Waals surface area (Å²) in [5.74, 6) is 1.30. The summed E-state index contributed by atoms with van der Waals surface area (Å²) >= 11 is 0. The Hall–Kier alpha value is -3.17. The van der Waals surface area contributed by atoms with Crippen LogP contribution in [-0.4, -0.2) is 61.7 Å². The molecule has 2 aromatic rings. The van der Waals surface area contributed by atoms with E-state index in [1.54, 1.807) is 29.9 Å². The quantitative estimate of drug-likeness (QED) is 0.610. The van der Waals surface area contributed by atoms with Crippen LogP contribution in [0.1, 0.15) is 38.8 Å². The topological polar surface area (TPSA) is 120 Å². The molecule has 2 aliphatic rings. The molecule has 1 unspecified atom stereocenters. The van der Waals surface area contributed by atoms with Gasteiger partial charge in [0.05, 0.1) is 11.9 Å².